The van der Waals surface area contributed by atoms with Crippen molar-refractivity contribution >= 4 is 5.69 Å². The molecule has 35 heavy (non-hydrogen) atoms. The smallest absolute Gasteiger partial charge is 0.0393 e. The highest BCUT2D eigenvalue weighted by Gasteiger charge is 1.99. The minimum Gasteiger partial charge on any atom is -0.398 e. The maximum absolute atomic E-state index is 5.85. The van der Waals surface area contributed by atoms with Crippen molar-refractivity contribution in [2.75, 3.05) is 5.73 Å². The van der Waals surface area contributed by atoms with Crippen LogP contribution in [0.1, 0.15) is 55.4 Å². The second-order valence-electron chi connectivity index (χ2n) is 11.7. The molecule has 0 unspecified atom stereocenters. The van der Waals surface area contributed by atoms with Crippen LogP contribution in [-0.4, -0.2) is 0 Å². The normalized spacial score (nSPS) is 10.4. The van der Waals surface area contributed by atoms with Crippen molar-refractivity contribution in [2.45, 2.75) is 55.4 Å². The van der Waals surface area contributed by atoms with Crippen LogP contribution in [0.15, 0.2) is 115 Å². The lowest BCUT2D eigenvalue weighted by Gasteiger charge is -2.05. The summed E-state index contributed by atoms with van der Waals surface area (Å²) in [5, 5.41) is 0. The van der Waals surface area contributed by atoms with Gasteiger partial charge in [-0.2, -0.15) is 0 Å². The van der Waals surface area contributed by atoms with Gasteiger partial charge in [-0.15, -0.1) is 0 Å². The molecule has 1 nitrogen and oxygen atoms in total. The summed E-state index contributed by atoms with van der Waals surface area (Å²) in [7, 11) is 0. The van der Waals surface area contributed by atoms with E-state index in [1.807, 2.05) is 54.6 Å². The van der Waals surface area contributed by atoms with Gasteiger partial charge in [0.05, 0.1) is 0 Å². The van der Waals surface area contributed by atoms with E-state index >= 15 is 0 Å². The molecular formula is C34H45N. The summed E-state index contributed by atoms with van der Waals surface area (Å²) in [4.78, 5) is 0. The first kappa shape index (κ1) is 29.7. The van der Waals surface area contributed by atoms with Gasteiger partial charge in [0.1, 0.15) is 0 Å². The average Bonchev–Trinajstić information content (AvgIpc) is 2.79. The second kappa shape index (κ2) is 14.8. The summed E-state index contributed by atoms with van der Waals surface area (Å²) in [5.74, 6) is 0. The number of rotatable bonds is 2. The molecule has 0 heterocycles. The second-order valence-corrected chi connectivity index (χ2v) is 11.7. The van der Waals surface area contributed by atoms with Crippen LogP contribution >= 0.6 is 0 Å². The largest absolute Gasteiger partial charge is 0.398 e. The van der Waals surface area contributed by atoms with Crippen molar-refractivity contribution < 1.29 is 0 Å². The number of hydrogen-bond acceptors (Lipinski definition) is 1. The molecule has 0 aliphatic carbocycles. The van der Waals surface area contributed by atoms with Crippen LogP contribution in [0.25, 0.3) is 22.3 Å². The summed E-state index contributed by atoms with van der Waals surface area (Å²) in [5.41, 5.74) is 12.5. The molecule has 2 N–H and O–H groups in total. The summed E-state index contributed by atoms with van der Waals surface area (Å²) >= 11 is 0. The molecule has 0 bridgehead atoms. The lowest BCUT2D eigenvalue weighted by molar-refractivity contribution is 0.469. The zero-order chi connectivity index (χ0) is 26.3. The number of benzene rings is 4. The molecule has 4 aromatic rings. The highest BCUT2D eigenvalue weighted by Crippen LogP contribution is 2.24. The van der Waals surface area contributed by atoms with E-state index in [0.29, 0.717) is 10.8 Å². The Labute approximate surface area is 215 Å². The van der Waals surface area contributed by atoms with E-state index < -0.39 is 0 Å². The third kappa shape index (κ3) is 16.0. The Kier molecular flexibility index (Phi) is 12.6. The van der Waals surface area contributed by atoms with Crippen LogP contribution in [0, 0.1) is 10.8 Å². The summed E-state index contributed by atoms with van der Waals surface area (Å²) in [6.45, 7) is 17.5. The first-order chi connectivity index (χ1) is 16.3. The Morgan fingerprint density at radius 1 is 0.371 bits per heavy atom. The fourth-order valence-corrected chi connectivity index (χ4v) is 2.64. The Bertz CT molecular complexity index is 993. The van der Waals surface area contributed by atoms with E-state index in [1.165, 1.54) is 16.7 Å². The standard InChI is InChI=1S/C12H11N.C12H10.2C5H12/c13-12-9-5-4-8-11(12)10-6-2-1-3-7-10;1-3-7-11(8-4-1)12-9-5-2-6-10-12;2*1-5(2,3)4/h1-9H,13H2;1-10H;2*1-4H3. The maximum Gasteiger partial charge on any atom is 0.0393 e. The highest BCUT2D eigenvalue weighted by atomic mass is 14.6. The van der Waals surface area contributed by atoms with E-state index in [2.05, 4.69) is 116 Å². The predicted molar refractivity (Wildman–Crippen MR) is 158 cm³/mol. The summed E-state index contributed by atoms with van der Waals surface area (Å²) in [6, 6.07) is 38.8. The van der Waals surface area contributed by atoms with Gasteiger partial charge in [-0.25, -0.2) is 0 Å². The van der Waals surface area contributed by atoms with E-state index in [1.54, 1.807) is 0 Å². The molecule has 186 valence electrons. The molecule has 0 aliphatic heterocycles. The van der Waals surface area contributed by atoms with Gasteiger partial charge in [0.2, 0.25) is 0 Å². The Morgan fingerprint density at radius 2 is 0.629 bits per heavy atom. The number of anilines is 1. The molecule has 0 atom stereocenters. The monoisotopic (exact) mass is 467 g/mol. The van der Waals surface area contributed by atoms with Crippen molar-refractivity contribution in [3.05, 3.63) is 115 Å². The average molecular weight is 468 g/mol. The fourth-order valence-electron chi connectivity index (χ4n) is 2.64. The van der Waals surface area contributed by atoms with Gasteiger partial charge in [0.25, 0.3) is 0 Å². The van der Waals surface area contributed by atoms with Crippen molar-refractivity contribution in [3.63, 3.8) is 0 Å². The van der Waals surface area contributed by atoms with Gasteiger partial charge in [0, 0.05) is 11.3 Å². The zero-order valence-electron chi connectivity index (χ0n) is 23.0. The molecule has 1 heteroatoms. The molecule has 4 aromatic carbocycles. The third-order valence-corrected chi connectivity index (χ3v) is 3.93. The molecule has 0 saturated carbocycles. The number of nitrogen functional groups attached to an aromatic ring is 1. The molecule has 0 fully saturated rings. The fraction of sp³-hybridized carbons (Fsp3) is 0.294. The lowest BCUT2D eigenvalue weighted by atomic mass is 10.0. The van der Waals surface area contributed by atoms with E-state index in [0.717, 1.165) is 11.3 Å². The lowest BCUT2D eigenvalue weighted by Crippen LogP contribution is -1.93. The quantitative estimate of drug-likeness (QED) is 0.291. The van der Waals surface area contributed by atoms with Gasteiger partial charge in [-0.1, -0.05) is 165 Å². The predicted octanol–water partition coefficient (Wildman–Crippen LogP) is 10.4. The zero-order valence-corrected chi connectivity index (χ0v) is 23.0. The van der Waals surface area contributed by atoms with Gasteiger partial charge in [-0.05, 0) is 33.6 Å². The van der Waals surface area contributed by atoms with Gasteiger partial charge in [-0.3, -0.25) is 0 Å². The Hall–Kier alpha value is -3.32. The summed E-state index contributed by atoms with van der Waals surface area (Å²) < 4.78 is 0. The molecule has 4 rings (SSSR count). The van der Waals surface area contributed by atoms with E-state index in [9.17, 15) is 0 Å². The maximum atomic E-state index is 5.85. The van der Waals surface area contributed by atoms with Crippen molar-refractivity contribution in [1.29, 1.82) is 0 Å². The number of hydrogen-bond donors (Lipinski definition) is 1. The minimum atomic E-state index is 0.500. The van der Waals surface area contributed by atoms with Crippen LogP contribution < -0.4 is 5.73 Å². The van der Waals surface area contributed by atoms with Crippen LogP contribution in [0.4, 0.5) is 5.69 Å². The molecule has 0 aliphatic rings. The molecule has 0 radical (unpaired) electrons. The minimum absolute atomic E-state index is 0.500. The Morgan fingerprint density at radius 3 is 0.943 bits per heavy atom. The van der Waals surface area contributed by atoms with Crippen LogP contribution in [0.5, 0.6) is 0 Å². The first-order valence-corrected chi connectivity index (χ1v) is 12.3. The summed E-state index contributed by atoms with van der Waals surface area (Å²) in [6.07, 6.45) is 0. The van der Waals surface area contributed by atoms with Gasteiger partial charge >= 0.3 is 0 Å². The molecule has 0 spiro atoms. The van der Waals surface area contributed by atoms with Crippen molar-refractivity contribution in [3.8, 4) is 22.3 Å². The molecule has 0 aromatic heterocycles. The van der Waals surface area contributed by atoms with Crippen LogP contribution in [-0.2, 0) is 0 Å². The molecule has 0 saturated heterocycles. The molecular weight excluding hydrogens is 422 g/mol. The SMILES string of the molecule is CC(C)(C)C.CC(C)(C)C.Nc1ccccc1-c1ccccc1.c1ccc(-c2ccccc2)cc1. The van der Waals surface area contributed by atoms with Crippen molar-refractivity contribution in [1.82, 2.24) is 0 Å². The molecule has 0 amide bonds. The van der Waals surface area contributed by atoms with Gasteiger partial charge < -0.3 is 5.73 Å². The van der Waals surface area contributed by atoms with E-state index in [-0.39, 0.29) is 0 Å². The van der Waals surface area contributed by atoms with Crippen LogP contribution in [0.2, 0.25) is 0 Å². The van der Waals surface area contributed by atoms with E-state index in [4.69, 9.17) is 5.73 Å². The number of nitrogens with two attached hydrogens (primary N) is 1. The topological polar surface area (TPSA) is 26.0 Å². The Balaban J connectivity index is 0.000000257. The van der Waals surface area contributed by atoms with Crippen LogP contribution in [0.3, 0.4) is 0 Å². The van der Waals surface area contributed by atoms with Gasteiger partial charge in [0.15, 0.2) is 0 Å². The third-order valence-electron chi connectivity index (χ3n) is 3.93. The highest BCUT2D eigenvalue weighted by molar-refractivity contribution is 5.75. The number of para-hydroxylation sites is 1. The van der Waals surface area contributed by atoms with Crippen molar-refractivity contribution in [2.24, 2.45) is 10.8 Å². The first-order valence-electron chi connectivity index (χ1n) is 12.3.